The number of rotatable bonds is 4. The van der Waals surface area contributed by atoms with Crippen LogP contribution in [0, 0.1) is 0 Å². The SMILES string of the molecule is Clc1c(Nc2nnc(C3CCCn4cc(-c5ccc(Br)cc5)nc43)s2)ccc2c1C=NC2. The maximum Gasteiger partial charge on any atom is 0.210 e. The van der Waals surface area contributed by atoms with E-state index in [1.807, 2.05) is 24.4 Å². The molecule has 1 atom stereocenters. The van der Waals surface area contributed by atoms with E-state index < -0.39 is 0 Å². The Bertz CT molecular complexity index is 1340. The Morgan fingerprint density at radius 3 is 2.88 bits per heavy atom. The van der Waals surface area contributed by atoms with Crippen molar-refractivity contribution < 1.29 is 0 Å². The van der Waals surface area contributed by atoms with Crippen LogP contribution in [0.5, 0.6) is 0 Å². The van der Waals surface area contributed by atoms with Crippen LogP contribution in [-0.2, 0) is 13.1 Å². The molecule has 0 amide bonds. The number of halogens is 2. The van der Waals surface area contributed by atoms with Crippen LogP contribution in [0.15, 0.2) is 52.1 Å². The second kappa shape index (κ2) is 8.10. The van der Waals surface area contributed by atoms with Crippen LogP contribution in [0.2, 0.25) is 5.02 Å². The van der Waals surface area contributed by atoms with Crippen molar-refractivity contribution in [2.45, 2.75) is 31.8 Å². The third-order valence-electron chi connectivity index (χ3n) is 5.88. The van der Waals surface area contributed by atoms with Crippen molar-refractivity contribution in [2.24, 2.45) is 4.99 Å². The normalized spacial score (nSPS) is 16.8. The summed E-state index contributed by atoms with van der Waals surface area (Å²) in [6, 6.07) is 12.3. The van der Waals surface area contributed by atoms with Crippen molar-refractivity contribution in [3.8, 4) is 11.3 Å². The van der Waals surface area contributed by atoms with Gasteiger partial charge in [-0.25, -0.2) is 4.98 Å². The van der Waals surface area contributed by atoms with Crippen molar-refractivity contribution in [2.75, 3.05) is 5.32 Å². The minimum Gasteiger partial charge on any atom is -0.334 e. The zero-order valence-electron chi connectivity index (χ0n) is 16.9. The topological polar surface area (TPSA) is 68.0 Å². The molecule has 2 aliphatic rings. The molecule has 0 saturated heterocycles. The molecule has 6 nitrogen and oxygen atoms in total. The van der Waals surface area contributed by atoms with Crippen molar-refractivity contribution in [3.05, 3.63) is 74.0 Å². The van der Waals surface area contributed by atoms with Gasteiger partial charge in [0.25, 0.3) is 0 Å². The molecule has 160 valence electrons. The fourth-order valence-corrected chi connectivity index (χ4v) is 5.69. The van der Waals surface area contributed by atoms with Gasteiger partial charge in [0.1, 0.15) is 10.8 Å². The second-order valence-corrected chi connectivity index (χ2v) is 10.2. The molecule has 2 aliphatic heterocycles. The average molecular weight is 526 g/mol. The van der Waals surface area contributed by atoms with Crippen molar-refractivity contribution in [1.29, 1.82) is 0 Å². The van der Waals surface area contributed by atoms with Gasteiger partial charge < -0.3 is 9.88 Å². The summed E-state index contributed by atoms with van der Waals surface area (Å²) in [5, 5.41) is 14.6. The summed E-state index contributed by atoms with van der Waals surface area (Å²) < 4.78 is 3.32. The molecular formula is C23H18BrClN6S. The zero-order chi connectivity index (χ0) is 21.7. The van der Waals surface area contributed by atoms with E-state index in [9.17, 15) is 0 Å². The first kappa shape index (κ1) is 20.1. The molecule has 1 N–H and O–H groups in total. The molecular weight excluding hydrogens is 508 g/mol. The lowest BCUT2D eigenvalue weighted by molar-refractivity contribution is 0.477. The number of imidazole rings is 1. The minimum atomic E-state index is 0.142. The van der Waals surface area contributed by atoms with E-state index in [0.717, 1.165) is 67.9 Å². The summed E-state index contributed by atoms with van der Waals surface area (Å²) >= 11 is 11.6. The molecule has 4 aromatic rings. The Hall–Kier alpha value is -2.55. The van der Waals surface area contributed by atoms with Crippen molar-refractivity contribution in [1.82, 2.24) is 19.7 Å². The smallest absolute Gasteiger partial charge is 0.210 e. The second-order valence-electron chi connectivity index (χ2n) is 7.92. The van der Waals surface area contributed by atoms with Gasteiger partial charge in [0.05, 0.1) is 28.9 Å². The summed E-state index contributed by atoms with van der Waals surface area (Å²) in [5.74, 6) is 1.20. The van der Waals surface area contributed by atoms with Crippen LogP contribution >= 0.6 is 38.9 Å². The lowest BCUT2D eigenvalue weighted by atomic mass is 10.00. The number of nitrogens with zero attached hydrogens (tertiary/aromatic N) is 5. The Morgan fingerprint density at radius 2 is 2.00 bits per heavy atom. The Labute approximate surface area is 202 Å². The van der Waals surface area contributed by atoms with Crippen molar-refractivity contribution in [3.63, 3.8) is 0 Å². The fourth-order valence-electron chi connectivity index (χ4n) is 4.26. The van der Waals surface area contributed by atoms with Gasteiger partial charge in [-0.2, -0.15) is 0 Å². The first-order valence-corrected chi connectivity index (χ1v) is 12.4. The lowest BCUT2D eigenvalue weighted by Crippen LogP contribution is -2.16. The molecule has 0 bridgehead atoms. The molecule has 9 heteroatoms. The maximum absolute atomic E-state index is 6.58. The van der Waals surface area contributed by atoms with E-state index in [0.29, 0.717) is 11.6 Å². The van der Waals surface area contributed by atoms with Crippen LogP contribution < -0.4 is 5.32 Å². The van der Waals surface area contributed by atoms with Gasteiger partial charge in [0.15, 0.2) is 0 Å². The van der Waals surface area contributed by atoms with Gasteiger partial charge in [-0.3, -0.25) is 4.99 Å². The zero-order valence-corrected chi connectivity index (χ0v) is 20.1. The maximum atomic E-state index is 6.58. The number of aliphatic imine (C=N–C) groups is 1. The number of fused-ring (bicyclic) bond motifs is 2. The quantitative estimate of drug-likeness (QED) is 0.334. The van der Waals surface area contributed by atoms with Gasteiger partial charge in [0.2, 0.25) is 5.13 Å². The van der Waals surface area contributed by atoms with E-state index >= 15 is 0 Å². The molecule has 6 rings (SSSR count). The Morgan fingerprint density at radius 1 is 1.12 bits per heavy atom. The molecule has 32 heavy (non-hydrogen) atoms. The predicted molar refractivity (Wildman–Crippen MR) is 132 cm³/mol. The summed E-state index contributed by atoms with van der Waals surface area (Å²) in [6.07, 6.45) is 6.09. The molecule has 0 aliphatic carbocycles. The molecule has 2 aromatic heterocycles. The molecule has 1 unspecified atom stereocenters. The van der Waals surface area contributed by atoms with E-state index in [2.05, 4.69) is 65.4 Å². The van der Waals surface area contributed by atoms with E-state index in [-0.39, 0.29) is 5.92 Å². The highest BCUT2D eigenvalue weighted by Crippen LogP contribution is 2.39. The number of aromatic nitrogens is 4. The van der Waals surface area contributed by atoms with E-state index in [1.54, 1.807) is 11.3 Å². The standard InChI is InChI=1S/C23H18BrClN6S/c24-15-6-3-13(4-7-15)19-12-31-9-1-2-16(21(31)27-19)22-29-30-23(32-22)28-18-8-5-14-10-26-11-17(14)20(18)25/h3-8,11-12,16H,1-2,9-10H2,(H,28,30). The Balaban J connectivity index is 1.28. The monoisotopic (exact) mass is 524 g/mol. The Kier molecular flexibility index (Phi) is 5.08. The lowest BCUT2D eigenvalue weighted by Gasteiger charge is -2.20. The first-order valence-electron chi connectivity index (χ1n) is 10.4. The first-order chi connectivity index (χ1) is 15.7. The number of anilines is 2. The summed E-state index contributed by atoms with van der Waals surface area (Å²) in [6.45, 7) is 1.67. The number of hydrogen-bond acceptors (Lipinski definition) is 6. The van der Waals surface area contributed by atoms with E-state index in [4.69, 9.17) is 16.6 Å². The third-order valence-corrected chi connectivity index (χ3v) is 7.77. The van der Waals surface area contributed by atoms with Crippen molar-refractivity contribution >= 4 is 55.9 Å². The van der Waals surface area contributed by atoms with Crippen LogP contribution in [0.1, 0.15) is 40.7 Å². The van der Waals surface area contributed by atoms with Gasteiger partial charge in [-0.1, -0.05) is 57.1 Å². The number of nitrogens with one attached hydrogen (secondary N) is 1. The van der Waals surface area contributed by atoms with Gasteiger partial charge in [0, 0.05) is 34.6 Å². The highest BCUT2D eigenvalue weighted by Gasteiger charge is 2.28. The highest BCUT2D eigenvalue weighted by atomic mass is 79.9. The van der Waals surface area contributed by atoms with Crippen LogP contribution in [0.25, 0.3) is 11.3 Å². The molecule has 0 fully saturated rings. The van der Waals surface area contributed by atoms with Crippen LogP contribution in [-0.4, -0.2) is 26.0 Å². The van der Waals surface area contributed by atoms with Gasteiger partial charge in [-0.05, 0) is 36.6 Å². The van der Waals surface area contributed by atoms with Gasteiger partial charge >= 0.3 is 0 Å². The summed E-state index contributed by atoms with van der Waals surface area (Å²) in [4.78, 5) is 9.29. The fraction of sp³-hybridized carbons (Fsp3) is 0.217. The van der Waals surface area contributed by atoms with Gasteiger partial charge in [-0.15, -0.1) is 10.2 Å². The van der Waals surface area contributed by atoms with Crippen LogP contribution in [0.3, 0.4) is 0 Å². The summed E-state index contributed by atoms with van der Waals surface area (Å²) in [7, 11) is 0. The largest absolute Gasteiger partial charge is 0.334 e. The molecule has 0 radical (unpaired) electrons. The van der Waals surface area contributed by atoms with E-state index in [1.165, 1.54) is 0 Å². The molecule has 0 saturated carbocycles. The molecule has 4 heterocycles. The number of hydrogen-bond donors (Lipinski definition) is 1. The minimum absolute atomic E-state index is 0.142. The molecule has 2 aromatic carbocycles. The number of aryl methyl sites for hydroxylation is 1. The summed E-state index contributed by atoms with van der Waals surface area (Å²) in [5.41, 5.74) is 5.06. The average Bonchev–Trinajstić information content (AvgIpc) is 3.55. The van der Waals surface area contributed by atoms with Crippen LogP contribution in [0.4, 0.5) is 10.8 Å². The molecule has 0 spiro atoms. The third kappa shape index (κ3) is 3.56. The highest BCUT2D eigenvalue weighted by molar-refractivity contribution is 9.10. The predicted octanol–water partition coefficient (Wildman–Crippen LogP) is 6.42. The number of benzene rings is 2.